The van der Waals surface area contributed by atoms with Crippen LogP contribution in [-0.4, -0.2) is 17.7 Å². The van der Waals surface area contributed by atoms with E-state index in [0.717, 1.165) is 45.1 Å². The number of alkyl carbamates (subject to hydrolysis) is 1. The van der Waals surface area contributed by atoms with E-state index >= 15 is 0 Å². The van der Waals surface area contributed by atoms with Gasteiger partial charge < -0.3 is 10.1 Å². The van der Waals surface area contributed by atoms with Crippen molar-refractivity contribution in [3.05, 3.63) is 49.1 Å². The molecule has 1 unspecified atom stereocenters. The van der Waals surface area contributed by atoms with Crippen LogP contribution in [0.15, 0.2) is 49.1 Å². The van der Waals surface area contributed by atoms with E-state index in [-0.39, 0.29) is 12.1 Å². The molecule has 2 rings (SSSR count). The molecular weight excluding hydrogens is 374 g/mol. The molecule has 2 aromatic heterocycles. The molecule has 5 heteroatoms. The van der Waals surface area contributed by atoms with Crippen LogP contribution < -0.4 is 14.5 Å². The number of carbonyl (C=O) groups is 1. The highest BCUT2D eigenvalue weighted by Gasteiger charge is 2.19. The van der Waals surface area contributed by atoms with Gasteiger partial charge in [-0.15, -0.1) is 0 Å². The van der Waals surface area contributed by atoms with Crippen molar-refractivity contribution in [2.45, 2.75) is 84.4 Å². The van der Waals surface area contributed by atoms with Crippen molar-refractivity contribution < 1.29 is 18.7 Å². The zero-order chi connectivity index (χ0) is 22.0. The van der Waals surface area contributed by atoms with E-state index in [9.17, 15) is 4.79 Å². The monoisotopic (exact) mass is 413 g/mol. The molecular formula is C25H39N3O2+2. The summed E-state index contributed by atoms with van der Waals surface area (Å²) in [6.07, 6.45) is 14.5. The molecule has 0 aromatic carbocycles. The first-order valence-electron chi connectivity index (χ1n) is 11.2. The van der Waals surface area contributed by atoms with Crippen molar-refractivity contribution in [3.63, 3.8) is 0 Å². The van der Waals surface area contributed by atoms with Gasteiger partial charge in [0.05, 0.1) is 0 Å². The van der Waals surface area contributed by atoms with Crippen molar-refractivity contribution in [2.24, 2.45) is 7.05 Å². The van der Waals surface area contributed by atoms with Gasteiger partial charge >= 0.3 is 6.09 Å². The Morgan fingerprint density at radius 2 is 1.53 bits per heavy atom. The third-order valence-electron chi connectivity index (χ3n) is 5.05. The van der Waals surface area contributed by atoms with Crippen molar-refractivity contribution >= 4 is 6.09 Å². The maximum atomic E-state index is 12.1. The third-order valence-corrected chi connectivity index (χ3v) is 5.05. The molecule has 0 aliphatic heterocycles. The highest BCUT2D eigenvalue weighted by molar-refractivity contribution is 5.68. The molecule has 30 heavy (non-hydrogen) atoms. The number of hydrogen-bond acceptors (Lipinski definition) is 2. The Labute approximate surface area is 182 Å². The second-order valence-electron chi connectivity index (χ2n) is 9.06. The molecule has 2 aromatic rings. The van der Waals surface area contributed by atoms with E-state index in [4.69, 9.17) is 4.74 Å². The number of amides is 1. The number of nitrogens with zero attached hydrogens (tertiary/aromatic N) is 2. The predicted octanol–water partition coefficient (Wildman–Crippen LogP) is 4.72. The van der Waals surface area contributed by atoms with Gasteiger partial charge in [-0.3, -0.25) is 0 Å². The average molecular weight is 414 g/mol. The standard InChI is InChI=1S/C25H38N3O2/c1-6-7-10-23(26-24(29)30-25(2,3)4)11-8-9-16-28-19-14-22(15-20-28)21-12-17-27(5)18-13-21/h12-15,17-20,23H,6-11,16H2,1-5H3/q+1/p+1. The number of nitrogens with one attached hydrogen (secondary N) is 1. The van der Waals surface area contributed by atoms with Crippen molar-refractivity contribution in [1.29, 1.82) is 0 Å². The van der Waals surface area contributed by atoms with Crippen LogP contribution in [0.3, 0.4) is 0 Å². The number of unbranched alkanes of at least 4 members (excludes halogenated alkanes) is 2. The van der Waals surface area contributed by atoms with Gasteiger partial charge in [0.2, 0.25) is 0 Å². The summed E-state index contributed by atoms with van der Waals surface area (Å²) in [5.41, 5.74) is 2.00. The Morgan fingerprint density at radius 1 is 0.967 bits per heavy atom. The number of rotatable bonds is 10. The van der Waals surface area contributed by atoms with Gasteiger partial charge in [-0.05, 0) is 51.2 Å². The lowest BCUT2D eigenvalue weighted by Gasteiger charge is -2.23. The fourth-order valence-electron chi connectivity index (χ4n) is 3.39. The summed E-state index contributed by atoms with van der Waals surface area (Å²) in [5, 5.41) is 3.07. The summed E-state index contributed by atoms with van der Waals surface area (Å²) < 4.78 is 9.69. The molecule has 0 aliphatic carbocycles. The quantitative estimate of drug-likeness (QED) is 0.452. The number of aromatic nitrogens is 2. The Hall–Kier alpha value is -2.43. The van der Waals surface area contributed by atoms with Gasteiger partial charge in [-0.2, -0.15) is 0 Å². The molecule has 0 saturated heterocycles. The van der Waals surface area contributed by atoms with E-state index in [1.165, 1.54) is 11.1 Å². The van der Waals surface area contributed by atoms with Crippen LogP contribution in [0.2, 0.25) is 0 Å². The van der Waals surface area contributed by atoms with Gasteiger partial charge in [0.15, 0.2) is 24.8 Å². The van der Waals surface area contributed by atoms with Crippen molar-refractivity contribution in [2.75, 3.05) is 0 Å². The van der Waals surface area contributed by atoms with E-state index < -0.39 is 5.60 Å². The molecule has 1 atom stereocenters. The number of pyridine rings is 2. The molecule has 0 saturated carbocycles. The largest absolute Gasteiger partial charge is 0.444 e. The van der Waals surface area contributed by atoms with Gasteiger partial charge in [-0.1, -0.05) is 19.8 Å². The molecule has 5 nitrogen and oxygen atoms in total. The number of aryl methyl sites for hydroxylation is 2. The van der Waals surface area contributed by atoms with Gasteiger partial charge in [0.1, 0.15) is 19.2 Å². The zero-order valence-electron chi connectivity index (χ0n) is 19.4. The minimum Gasteiger partial charge on any atom is -0.444 e. The molecule has 1 N–H and O–H groups in total. The van der Waals surface area contributed by atoms with Crippen LogP contribution in [-0.2, 0) is 18.3 Å². The van der Waals surface area contributed by atoms with Gasteiger partial charge in [0.25, 0.3) is 0 Å². The van der Waals surface area contributed by atoms with Crippen LogP contribution in [0.1, 0.15) is 66.2 Å². The fraction of sp³-hybridized carbons (Fsp3) is 0.560. The maximum absolute atomic E-state index is 12.1. The highest BCUT2D eigenvalue weighted by atomic mass is 16.6. The van der Waals surface area contributed by atoms with E-state index in [2.05, 4.69) is 65.9 Å². The molecule has 0 fully saturated rings. The molecule has 0 bridgehead atoms. The zero-order valence-corrected chi connectivity index (χ0v) is 19.4. The van der Waals surface area contributed by atoms with Gasteiger partial charge in [-0.25, -0.2) is 13.9 Å². The Balaban J connectivity index is 1.79. The van der Waals surface area contributed by atoms with E-state index in [1.807, 2.05) is 32.4 Å². The van der Waals surface area contributed by atoms with Crippen LogP contribution in [0.5, 0.6) is 0 Å². The van der Waals surface area contributed by atoms with Crippen molar-refractivity contribution in [1.82, 2.24) is 5.32 Å². The summed E-state index contributed by atoms with van der Waals surface area (Å²) in [4.78, 5) is 12.1. The summed E-state index contributed by atoms with van der Waals surface area (Å²) in [6.45, 7) is 8.85. The Morgan fingerprint density at radius 3 is 2.10 bits per heavy atom. The van der Waals surface area contributed by atoms with E-state index in [1.54, 1.807) is 0 Å². The first-order chi connectivity index (χ1) is 14.3. The normalized spacial score (nSPS) is 12.4. The Kier molecular flexibility index (Phi) is 9.28. The van der Waals surface area contributed by atoms with E-state index in [0.29, 0.717) is 0 Å². The SMILES string of the molecule is CCCCC(CCCC[n+]1ccc(-c2cc[n+](C)cc2)cc1)NC(=O)OC(C)(C)C. The van der Waals surface area contributed by atoms with Crippen LogP contribution in [0.25, 0.3) is 11.1 Å². The summed E-state index contributed by atoms with van der Waals surface area (Å²) in [5.74, 6) is 0. The van der Waals surface area contributed by atoms with Crippen molar-refractivity contribution in [3.8, 4) is 11.1 Å². The topological polar surface area (TPSA) is 46.1 Å². The lowest BCUT2D eigenvalue weighted by Crippen LogP contribution is -2.39. The predicted molar refractivity (Wildman–Crippen MR) is 120 cm³/mol. The second kappa shape index (κ2) is 11.7. The number of hydrogen-bond donors (Lipinski definition) is 1. The average Bonchev–Trinajstić information content (AvgIpc) is 2.69. The minimum absolute atomic E-state index is 0.187. The highest BCUT2D eigenvalue weighted by Crippen LogP contribution is 2.16. The fourth-order valence-corrected chi connectivity index (χ4v) is 3.39. The molecule has 0 aliphatic rings. The summed E-state index contributed by atoms with van der Waals surface area (Å²) >= 11 is 0. The molecule has 1 amide bonds. The van der Waals surface area contributed by atoms with Crippen LogP contribution >= 0.6 is 0 Å². The summed E-state index contributed by atoms with van der Waals surface area (Å²) in [7, 11) is 2.03. The molecule has 0 radical (unpaired) electrons. The lowest BCUT2D eigenvalue weighted by atomic mass is 10.0. The number of carbonyl (C=O) groups excluding carboxylic acids is 1. The second-order valence-corrected chi connectivity index (χ2v) is 9.06. The molecule has 0 spiro atoms. The third kappa shape index (κ3) is 8.93. The smallest absolute Gasteiger partial charge is 0.407 e. The molecule has 2 heterocycles. The first kappa shape index (κ1) is 23.8. The van der Waals surface area contributed by atoms with Crippen LogP contribution in [0.4, 0.5) is 4.79 Å². The molecule has 164 valence electrons. The first-order valence-corrected chi connectivity index (χ1v) is 11.2. The lowest BCUT2D eigenvalue weighted by molar-refractivity contribution is -0.697. The minimum atomic E-state index is -0.459. The number of ether oxygens (including phenoxy) is 1. The van der Waals surface area contributed by atoms with Crippen LogP contribution in [0, 0.1) is 0 Å². The summed E-state index contributed by atoms with van der Waals surface area (Å²) in [6, 6.07) is 8.79. The maximum Gasteiger partial charge on any atom is 0.407 e. The van der Waals surface area contributed by atoms with Gasteiger partial charge in [0, 0.05) is 36.7 Å². The Bertz CT molecular complexity index is 764.